The Bertz CT molecular complexity index is 786. The fraction of sp³-hybridized carbons (Fsp3) is 0.133. The summed E-state index contributed by atoms with van der Waals surface area (Å²) in [4.78, 5) is 19.5. The van der Waals surface area contributed by atoms with Gasteiger partial charge >= 0.3 is 5.97 Å². The van der Waals surface area contributed by atoms with Crippen LogP contribution in [0.5, 0.6) is 5.75 Å². The van der Waals surface area contributed by atoms with Crippen LogP contribution in [0.15, 0.2) is 42.7 Å². The number of rotatable bonds is 4. The van der Waals surface area contributed by atoms with Crippen LogP contribution in [0, 0.1) is 0 Å². The molecule has 1 unspecified atom stereocenters. The minimum Gasteiger partial charge on any atom is -0.479 e. The molecule has 0 spiro atoms. The van der Waals surface area contributed by atoms with Crippen LogP contribution in [-0.2, 0) is 4.79 Å². The molecule has 0 fully saturated rings. The lowest BCUT2D eigenvalue weighted by molar-refractivity contribution is -0.144. The Morgan fingerprint density at radius 3 is 2.76 bits per heavy atom. The van der Waals surface area contributed by atoms with Crippen LogP contribution in [0.1, 0.15) is 6.92 Å². The Morgan fingerprint density at radius 1 is 1.29 bits per heavy atom. The van der Waals surface area contributed by atoms with Crippen LogP contribution >= 0.6 is 11.3 Å². The van der Waals surface area contributed by atoms with Gasteiger partial charge in [-0.05, 0) is 31.2 Å². The molecule has 6 heteroatoms. The van der Waals surface area contributed by atoms with Gasteiger partial charge in [0.05, 0.1) is 4.70 Å². The first-order valence-corrected chi connectivity index (χ1v) is 7.16. The molecular formula is C15H12N2O3S. The van der Waals surface area contributed by atoms with Gasteiger partial charge in [-0.15, -0.1) is 11.3 Å². The van der Waals surface area contributed by atoms with Crippen molar-refractivity contribution in [2.75, 3.05) is 0 Å². The van der Waals surface area contributed by atoms with Gasteiger partial charge in [0, 0.05) is 18.0 Å². The maximum Gasteiger partial charge on any atom is 0.344 e. The predicted molar refractivity (Wildman–Crippen MR) is 80.6 cm³/mol. The zero-order chi connectivity index (χ0) is 14.8. The van der Waals surface area contributed by atoms with Crippen molar-refractivity contribution in [1.82, 2.24) is 9.97 Å². The summed E-state index contributed by atoms with van der Waals surface area (Å²) in [7, 11) is 0. The molecule has 0 aliphatic rings. The molecule has 1 atom stereocenters. The second-order valence-electron chi connectivity index (χ2n) is 4.46. The number of ether oxygens (including phenoxy) is 1. The van der Waals surface area contributed by atoms with E-state index in [-0.39, 0.29) is 0 Å². The van der Waals surface area contributed by atoms with Crippen molar-refractivity contribution < 1.29 is 14.6 Å². The number of aliphatic carboxylic acids is 1. The van der Waals surface area contributed by atoms with E-state index in [1.165, 1.54) is 18.3 Å². The summed E-state index contributed by atoms with van der Waals surface area (Å²) >= 11 is 1.53. The SMILES string of the molecule is CC(Oc1cccc2sc(-c3ccncc3)nc12)C(=O)O. The molecule has 3 rings (SSSR count). The van der Waals surface area contributed by atoms with Gasteiger partial charge in [-0.2, -0.15) is 0 Å². The molecule has 0 amide bonds. The molecule has 5 nitrogen and oxygen atoms in total. The standard InChI is InChI=1S/C15H12N2O3S/c1-9(15(18)19)20-11-3-2-4-12-13(11)17-14(21-12)10-5-7-16-8-6-10/h2-9H,1H3,(H,18,19). The Hall–Kier alpha value is -2.47. The van der Waals surface area contributed by atoms with Gasteiger partial charge in [0.15, 0.2) is 6.10 Å². The van der Waals surface area contributed by atoms with E-state index in [4.69, 9.17) is 9.84 Å². The van der Waals surface area contributed by atoms with E-state index in [1.54, 1.807) is 18.5 Å². The number of pyridine rings is 1. The molecule has 1 N–H and O–H groups in total. The fourth-order valence-electron chi connectivity index (χ4n) is 1.88. The highest BCUT2D eigenvalue weighted by atomic mass is 32.1. The van der Waals surface area contributed by atoms with Crippen LogP contribution in [0.4, 0.5) is 0 Å². The summed E-state index contributed by atoms with van der Waals surface area (Å²) in [6.45, 7) is 1.50. The number of carboxylic acids is 1. The van der Waals surface area contributed by atoms with Crippen LogP contribution in [0.25, 0.3) is 20.8 Å². The molecule has 0 aliphatic carbocycles. The van der Waals surface area contributed by atoms with Gasteiger partial charge in [-0.25, -0.2) is 9.78 Å². The first-order chi connectivity index (χ1) is 10.1. The number of hydrogen-bond acceptors (Lipinski definition) is 5. The molecule has 0 bridgehead atoms. The fourth-order valence-corrected chi connectivity index (χ4v) is 2.87. The maximum absolute atomic E-state index is 10.9. The number of benzene rings is 1. The quantitative estimate of drug-likeness (QED) is 0.801. The number of hydrogen-bond donors (Lipinski definition) is 1. The van der Waals surface area contributed by atoms with Crippen molar-refractivity contribution in [2.24, 2.45) is 0 Å². The smallest absolute Gasteiger partial charge is 0.344 e. The molecule has 0 radical (unpaired) electrons. The Balaban J connectivity index is 2.04. The number of nitrogens with zero attached hydrogens (tertiary/aromatic N) is 2. The molecule has 3 aromatic rings. The lowest BCUT2D eigenvalue weighted by Gasteiger charge is -2.10. The highest BCUT2D eigenvalue weighted by molar-refractivity contribution is 7.21. The lowest BCUT2D eigenvalue weighted by atomic mass is 10.3. The number of thiazole rings is 1. The molecule has 1 aromatic carbocycles. The second kappa shape index (κ2) is 5.49. The van der Waals surface area contributed by atoms with Crippen molar-refractivity contribution in [3.63, 3.8) is 0 Å². The Kier molecular flexibility index (Phi) is 3.53. The van der Waals surface area contributed by atoms with Crippen molar-refractivity contribution >= 4 is 27.5 Å². The second-order valence-corrected chi connectivity index (χ2v) is 5.49. The van der Waals surface area contributed by atoms with E-state index in [0.29, 0.717) is 11.3 Å². The molecule has 0 aliphatic heterocycles. The van der Waals surface area contributed by atoms with Gasteiger partial charge in [0.1, 0.15) is 16.3 Å². The summed E-state index contributed by atoms with van der Waals surface area (Å²) < 4.78 is 6.43. The highest BCUT2D eigenvalue weighted by Crippen LogP contribution is 2.34. The van der Waals surface area contributed by atoms with Crippen molar-refractivity contribution in [1.29, 1.82) is 0 Å². The van der Waals surface area contributed by atoms with Crippen LogP contribution in [-0.4, -0.2) is 27.1 Å². The van der Waals surface area contributed by atoms with Gasteiger partial charge < -0.3 is 9.84 Å². The lowest BCUT2D eigenvalue weighted by Crippen LogP contribution is -2.22. The largest absolute Gasteiger partial charge is 0.479 e. The zero-order valence-corrected chi connectivity index (χ0v) is 12.0. The Morgan fingerprint density at radius 2 is 2.05 bits per heavy atom. The molecule has 2 aromatic heterocycles. The van der Waals surface area contributed by atoms with Gasteiger partial charge in [-0.1, -0.05) is 6.07 Å². The van der Waals surface area contributed by atoms with Crippen molar-refractivity contribution in [3.05, 3.63) is 42.7 Å². The first-order valence-electron chi connectivity index (χ1n) is 6.34. The maximum atomic E-state index is 10.9. The highest BCUT2D eigenvalue weighted by Gasteiger charge is 2.16. The summed E-state index contributed by atoms with van der Waals surface area (Å²) in [5, 5.41) is 9.80. The molecule has 21 heavy (non-hydrogen) atoms. The van der Waals surface area contributed by atoms with Crippen LogP contribution < -0.4 is 4.74 Å². The van der Waals surface area contributed by atoms with E-state index in [2.05, 4.69) is 9.97 Å². The van der Waals surface area contributed by atoms with E-state index in [9.17, 15) is 4.79 Å². The first kappa shape index (κ1) is 13.5. The minimum atomic E-state index is -1.00. The van der Waals surface area contributed by atoms with Crippen molar-refractivity contribution in [3.8, 4) is 16.3 Å². The van der Waals surface area contributed by atoms with E-state index >= 15 is 0 Å². The average molecular weight is 300 g/mol. The number of carboxylic acid groups (broad SMARTS) is 1. The zero-order valence-electron chi connectivity index (χ0n) is 11.2. The molecule has 106 valence electrons. The molecular weight excluding hydrogens is 288 g/mol. The molecule has 2 heterocycles. The van der Waals surface area contributed by atoms with E-state index in [1.807, 2.05) is 24.3 Å². The summed E-state index contributed by atoms with van der Waals surface area (Å²) in [6, 6.07) is 9.28. The van der Waals surface area contributed by atoms with E-state index < -0.39 is 12.1 Å². The molecule has 0 saturated heterocycles. The average Bonchev–Trinajstić information content (AvgIpc) is 2.93. The summed E-state index contributed by atoms with van der Waals surface area (Å²) in [5.41, 5.74) is 1.66. The van der Waals surface area contributed by atoms with Gasteiger partial charge in [0.2, 0.25) is 0 Å². The topological polar surface area (TPSA) is 72.3 Å². The predicted octanol–water partition coefficient (Wildman–Crippen LogP) is 3.21. The third-order valence-electron chi connectivity index (χ3n) is 2.96. The normalized spacial score (nSPS) is 12.2. The number of carbonyl (C=O) groups is 1. The summed E-state index contributed by atoms with van der Waals surface area (Å²) in [5.74, 6) is -0.518. The van der Waals surface area contributed by atoms with E-state index in [0.717, 1.165) is 15.3 Å². The summed E-state index contributed by atoms with van der Waals surface area (Å²) in [6.07, 6.45) is 2.51. The third-order valence-corrected chi connectivity index (χ3v) is 4.03. The minimum absolute atomic E-state index is 0.485. The van der Waals surface area contributed by atoms with Gasteiger partial charge in [-0.3, -0.25) is 4.98 Å². The van der Waals surface area contributed by atoms with Gasteiger partial charge in [0.25, 0.3) is 0 Å². The number of para-hydroxylation sites is 1. The van der Waals surface area contributed by atoms with Crippen LogP contribution in [0.2, 0.25) is 0 Å². The number of aromatic nitrogens is 2. The van der Waals surface area contributed by atoms with Crippen molar-refractivity contribution in [2.45, 2.75) is 13.0 Å². The monoisotopic (exact) mass is 300 g/mol. The molecule has 0 saturated carbocycles. The van der Waals surface area contributed by atoms with Crippen LogP contribution in [0.3, 0.4) is 0 Å². The Labute approximate surface area is 124 Å². The number of fused-ring (bicyclic) bond motifs is 1. The third kappa shape index (κ3) is 2.71.